The summed E-state index contributed by atoms with van der Waals surface area (Å²) < 4.78 is 0. The number of benzene rings is 1. The Balaban J connectivity index is 2.39. The normalized spacial score (nSPS) is 21.2. The van der Waals surface area contributed by atoms with Gasteiger partial charge in [0.15, 0.2) is 0 Å². The average molecular weight is 270 g/mol. The molecule has 1 aromatic rings. The number of terminal acetylenes is 1. The summed E-state index contributed by atoms with van der Waals surface area (Å²) in [5.74, 6) is 2.25. The maximum atomic E-state index is 12.5. The van der Waals surface area contributed by atoms with Crippen LogP contribution in [0, 0.1) is 12.3 Å². The van der Waals surface area contributed by atoms with Gasteiger partial charge in [-0.25, -0.2) is 0 Å². The highest BCUT2D eigenvalue weighted by atomic mass is 16.2. The molecule has 1 atom stereocenters. The molecule has 2 amide bonds. The molecule has 4 nitrogen and oxygen atoms in total. The van der Waals surface area contributed by atoms with Crippen LogP contribution < -0.4 is 5.32 Å². The summed E-state index contributed by atoms with van der Waals surface area (Å²) in [5.41, 5.74) is -0.0948. The van der Waals surface area contributed by atoms with Gasteiger partial charge in [-0.15, -0.1) is 12.3 Å². The molecule has 1 saturated heterocycles. The Morgan fingerprint density at radius 3 is 2.55 bits per heavy atom. The van der Waals surface area contributed by atoms with Crippen molar-refractivity contribution in [3.8, 4) is 12.3 Å². The quantitative estimate of drug-likeness (QED) is 0.846. The van der Waals surface area contributed by atoms with Gasteiger partial charge < -0.3 is 10.2 Å². The van der Waals surface area contributed by atoms with E-state index in [0.29, 0.717) is 13.0 Å². The highest BCUT2D eigenvalue weighted by Crippen LogP contribution is 2.29. The van der Waals surface area contributed by atoms with Crippen LogP contribution in [0.5, 0.6) is 0 Å². The lowest BCUT2D eigenvalue weighted by Crippen LogP contribution is -2.64. The van der Waals surface area contributed by atoms with Gasteiger partial charge in [-0.2, -0.15) is 0 Å². The number of amides is 2. The van der Waals surface area contributed by atoms with E-state index in [2.05, 4.69) is 11.2 Å². The van der Waals surface area contributed by atoms with Crippen molar-refractivity contribution in [2.45, 2.75) is 31.8 Å². The lowest BCUT2D eigenvalue weighted by Gasteiger charge is -2.42. The number of hydrogen-bond donors (Lipinski definition) is 1. The SMILES string of the molecule is C#CCCN1C(=O)C(C)(C)NC(=O)C1c1ccccc1. The third kappa shape index (κ3) is 2.53. The number of piperazine rings is 1. The van der Waals surface area contributed by atoms with E-state index in [1.165, 1.54) is 0 Å². The second-order valence-electron chi connectivity index (χ2n) is 5.38. The third-order valence-corrected chi connectivity index (χ3v) is 3.40. The molecule has 1 aromatic carbocycles. The summed E-state index contributed by atoms with van der Waals surface area (Å²) in [4.78, 5) is 26.5. The molecule has 0 bridgehead atoms. The first-order chi connectivity index (χ1) is 9.47. The second kappa shape index (κ2) is 5.38. The largest absolute Gasteiger partial charge is 0.340 e. The first-order valence-corrected chi connectivity index (χ1v) is 6.59. The molecule has 0 radical (unpaired) electrons. The molecule has 0 aromatic heterocycles. The molecular weight excluding hydrogens is 252 g/mol. The van der Waals surface area contributed by atoms with Crippen LogP contribution in [0.3, 0.4) is 0 Å². The van der Waals surface area contributed by atoms with E-state index < -0.39 is 11.6 Å². The number of nitrogens with one attached hydrogen (secondary N) is 1. The minimum absolute atomic E-state index is 0.110. The zero-order valence-corrected chi connectivity index (χ0v) is 11.7. The molecule has 104 valence electrons. The number of rotatable bonds is 3. The van der Waals surface area contributed by atoms with Crippen LogP contribution in [-0.4, -0.2) is 28.8 Å². The van der Waals surface area contributed by atoms with Crippen molar-refractivity contribution in [2.75, 3.05) is 6.54 Å². The maximum Gasteiger partial charge on any atom is 0.248 e. The molecule has 20 heavy (non-hydrogen) atoms. The molecule has 0 saturated carbocycles. The van der Waals surface area contributed by atoms with Crippen LogP contribution in [0.15, 0.2) is 30.3 Å². The summed E-state index contributed by atoms with van der Waals surface area (Å²) in [5, 5.41) is 2.78. The summed E-state index contributed by atoms with van der Waals surface area (Å²) in [6, 6.07) is 8.67. The Morgan fingerprint density at radius 1 is 1.30 bits per heavy atom. The van der Waals surface area contributed by atoms with Gasteiger partial charge in [0.2, 0.25) is 11.8 Å². The Labute approximate surface area is 119 Å². The van der Waals surface area contributed by atoms with Crippen LogP contribution in [0.2, 0.25) is 0 Å². The van der Waals surface area contributed by atoms with E-state index in [-0.39, 0.29) is 11.8 Å². The molecule has 1 heterocycles. The minimum atomic E-state index is -0.892. The first kappa shape index (κ1) is 14.1. The number of hydrogen-bond acceptors (Lipinski definition) is 2. The van der Waals surface area contributed by atoms with E-state index in [1.54, 1.807) is 18.7 Å². The Hall–Kier alpha value is -2.28. The van der Waals surface area contributed by atoms with Gasteiger partial charge in [-0.3, -0.25) is 9.59 Å². The van der Waals surface area contributed by atoms with E-state index in [9.17, 15) is 9.59 Å². The Bertz CT molecular complexity index is 558. The van der Waals surface area contributed by atoms with Gasteiger partial charge in [0.1, 0.15) is 11.6 Å². The molecular formula is C16H18N2O2. The van der Waals surface area contributed by atoms with Gasteiger partial charge in [0.05, 0.1) is 0 Å². The van der Waals surface area contributed by atoms with E-state index in [1.807, 2.05) is 30.3 Å². The van der Waals surface area contributed by atoms with Crippen LogP contribution in [0.1, 0.15) is 31.9 Å². The fraction of sp³-hybridized carbons (Fsp3) is 0.375. The third-order valence-electron chi connectivity index (χ3n) is 3.40. The van der Waals surface area contributed by atoms with Crippen molar-refractivity contribution in [3.05, 3.63) is 35.9 Å². The molecule has 1 fully saturated rings. The summed E-state index contributed by atoms with van der Waals surface area (Å²) >= 11 is 0. The molecule has 1 N–H and O–H groups in total. The molecule has 0 spiro atoms. The van der Waals surface area contributed by atoms with Crippen molar-refractivity contribution < 1.29 is 9.59 Å². The van der Waals surface area contributed by atoms with Crippen LogP contribution in [0.25, 0.3) is 0 Å². The van der Waals surface area contributed by atoms with E-state index >= 15 is 0 Å². The van der Waals surface area contributed by atoms with Crippen molar-refractivity contribution in [1.82, 2.24) is 10.2 Å². The van der Waals surface area contributed by atoms with Crippen molar-refractivity contribution >= 4 is 11.8 Å². The van der Waals surface area contributed by atoms with Gasteiger partial charge in [-0.05, 0) is 19.4 Å². The number of carbonyl (C=O) groups excluding carboxylic acids is 2. The Morgan fingerprint density at radius 2 is 1.95 bits per heavy atom. The standard InChI is InChI=1S/C16H18N2O2/c1-4-5-11-18-13(12-9-7-6-8-10-12)14(19)17-16(2,3)15(18)20/h1,6-10,13H,5,11H2,2-3H3,(H,17,19). The summed E-state index contributed by atoms with van der Waals surface area (Å²) in [7, 11) is 0. The number of carbonyl (C=O) groups is 2. The lowest BCUT2D eigenvalue weighted by molar-refractivity contribution is -0.153. The van der Waals surface area contributed by atoms with Gasteiger partial charge in [0.25, 0.3) is 0 Å². The minimum Gasteiger partial charge on any atom is -0.340 e. The highest BCUT2D eigenvalue weighted by Gasteiger charge is 2.45. The predicted molar refractivity (Wildman–Crippen MR) is 76.6 cm³/mol. The van der Waals surface area contributed by atoms with Gasteiger partial charge in [0, 0.05) is 13.0 Å². The molecule has 2 rings (SSSR count). The molecule has 1 unspecified atom stereocenters. The van der Waals surface area contributed by atoms with Crippen LogP contribution in [-0.2, 0) is 9.59 Å². The predicted octanol–water partition coefficient (Wildman–Crippen LogP) is 1.49. The van der Waals surface area contributed by atoms with Crippen molar-refractivity contribution in [1.29, 1.82) is 0 Å². The van der Waals surface area contributed by atoms with Crippen molar-refractivity contribution in [2.24, 2.45) is 0 Å². The highest BCUT2D eigenvalue weighted by molar-refractivity contribution is 5.99. The van der Waals surface area contributed by atoms with Crippen molar-refractivity contribution in [3.63, 3.8) is 0 Å². The molecule has 1 aliphatic heterocycles. The maximum absolute atomic E-state index is 12.5. The van der Waals surface area contributed by atoms with Crippen LogP contribution in [0.4, 0.5) is 0 Å². The van der Waals surface area contributed by atoms with Gasteiger partial charge >= 0.3 is 0 Å². The molecule has 4 heteroatoms. The summed E-state index contributed by atoms with van der Waals surface area (Å²) in [6.45, 7) is 3.79. The van der Waals surface area contributed by atoms with E-state index in [4.69, 9.17) is 6.42 Å². The second-order valence-corrected chi connectivity index (χ2v) is 5.38. The monoisotopic (exact) mass is 270 g/mol. The zero-order valence-electron chi connectivity index (χ0n) is 11.7. The first-order valence-electron chi connectivity index (χ1n) is 6.59. The fourth-order valence-corrected chi connectivity index (χ4v) is 2.43. The average Bonchev–Trinajstić information content (AvgIpc) is 2.41. The summed E-state index contributed by atoms with van der Waals surface area (Å²) in [6.07, 6.45) is 5.72. The topological polar surface area (TPSA) is 49.4 Å². The Kier molecular flexibility index (Phi) is 3.80. The van der Waals surface area contributed by atoms with Gasteiger partial charge in [-0.1, -0.05) is 30.3 Å². The van der Waals surface area contributed by atoms with E-state index in [0.717, 1.165) is 5.56 Å². The fourth-order valence-electron chi connectivity index (χ4n) is 2.43. The van der Waals surface area contributed by atoms with Crippen LogP contribution >= 0.6 is 0 Å². The smallest absolute Gasteiger partial charge is 0.248 e. The lowest BCUT2D eigenvalue weighted by atomic mass is 9.93. The number of nitrogens with zero attached hydrogens (tertiary/aromatic N) is 1. The molecule has 1 aliphatic rings. The molecule has 0 aliphatic carbocycles. The zero-order chi connectivity index (χ0) is 14.8.